The third-order valence-electron chi connectivity index (χ3n) is 5.48. The van der Waals surface area contributed by atoms with E-state index in [0.717, 1.165) is 23.7 Å². The van der Waals surface area contributed by atoms with Crippen molar-refractivity contribution in [1.29, 1.82) is 0 Å². The number of pyridine rings is 1. The third-order valence-corrected chi connectivity index (χ3v) is 6.40. The van der Waals surface area contributed by atoms with E-state index in [1.807, 2.05) is 40.7 Å². The molecule has 180 valence electrons. The molecular weight excluding hydrogens is 469 g/mol. The first-order valence-corrected chi connectivity index (χ1v) is 11.5. The van der Waals surface area contributed by atoms with Gasteiger partial charge >= 0.3 is 6.18 Å². The Bertz CT molecular complexity index is 1130. The first-order chi connectivity index (χ1) is 16.3. The summed E-state index contributed by atoms with van der Waals surface area (Å²) in [4.78, 5) is 20.3. The molecule has 1 amide bonds. The summed E-state index contributed by atoms with van der Waals surface area (Å²) in [7, 11) is 1.60. The Morgan fingerprint density at radius 1 is 1.06 bits per heavy atom. The second kappa shape index (κ2) is 9.92. The Hall–Kier alpha value is -3.28. The van der Waals surface area contributed by atoms with E-state index in [1.165, 1.54) is 17.8 Å². The number of thioether (sulfide) groups is 1. The lowest BCUT2D eigenvalue weighted by molar-refractivity contribution is -0.137. The number of amides is 1. The summed E-state index contributed by atoms with van der Waals surface area (Å²) < 4.78 is 45.3. The van der Waals surface area contributed by atoms with Crippen LogP contribution in [-0.4, -0.2) is 69.6 Å². The maximum Gasteiger partial charge on any atom is 0.417 e. The van der Waals surface area contributed by atoms with Crippen molar-refractivity contribution >= 4 is 23.5 Å². The number of piperazine rings is 1. The highest BCUT2D eigenvalue weighted by Crippen LogP contribution is 2.29. The molecule has 1 aliphatic heterocycles. The predicted octanol–water partition coefficient (Wildman–Crippen LogP) is 3.44. The van der Waals surface area contributed by atoms with Gasteiger partial charge in [-0.25, -0.2) is 4.98 Å². The molecule has 0 unspecified atom stereocenters. The zero-order valence-corrected chi connectivity index (χ0v) is 19.4. The molecule has 34 heavy (non-hydrogen) atoms. The minimum absolute atomic E-state index is 0.0352. The highest BCUT2D eigenvalue weighted by atomic mass is 32.2. The maximum atomic E-state index is 12.8. The lowest BCUT2D eigenvalue weighted by atomic mass is 10.2. The second-order valence-corrected chi connectivity index (χ2v) is 8.57. The highest BCUT2D eigenvalue weighted by Gasteiger charge is 2.31. The zero-order valence-electron chi connectivity index (χ0n) is 18.6. The van der Waals surface area contributed by atoms with Crippen LogP contribution < -0.4 is 9.64 Å². The van der Waals surface area contributed by atoms with Gasteiger partial charge in [-0.3, -0.25) is 9.36 Å². The van der Waals surface area contributed by atoms with Crippen LogP contribution in [0.2, 0.25) is 0 Å². The van der Waals surface area contributed by atoms with Crippen molar-refractivity contribution in [1.82, 2.24) is 24.6 Å². The number of hydrogen-bond donors (Lipinski definition) is 0. The van der Waals surface area contributed by atoms with Gasteiger partial charge in [-0.15, -0.1) is 10.2 Å². The van der Waals surface area contributed by atoms with E-state index in [9.17, 15) is 18.0 Å². The number of anilines is 1. The zero-order chi connectivity index (χ0) is 24.3. The van der Waals surface area contributed by atoms with Gasteiger partial charge in [-0.1, -0.05) is 11.8 Å². The minimum Gasteiger partial charge on any atom is -0.497 e. The SMILES string of the molecule is COc1ccc(-n2c(C)nnc2SCC(=O)N2CCN(c3ccc(C(F)(F)F)cn3)CC2)cc1. The number of aromatic nitrogens is 4. The van der Waals surface area contributed by atoms with Crippen LogP contribution in [0.25, 0.3) is 5.69 Å². The van der Waals surface area contributed by atoms with Crippen molar-refractivity contribution in [3.8, 4) is 11.4 Å². The van der Waals surface area contributed by atoms with Crippen molar-refractivity contribution in [2.24, 2.45) is 0 Å². The molecule has 12 heteroatoms. The van der Waals surface area contributed by atoms with Gasteiger partial charge in [0.2, 0.25) is 5.91 Å². The molecular formula is C22H23F3N6O2S. The van der Waals surface area contributed by atoms with Gasteiger partial charge in [-0.05, 0) is 43.3 Å². The van der Waals surface area contributed by atoms with E-state index in [-0.39, 0.29) is 11.7 Å². The number of carbonyl (C=O) groups is 1. The Balaban J connectivity index is 1.33. The van der Waals surface area contributed by atoms with Crippen LogP contribution in [0, 0.1) is 6.92 Å². The van der Waals surface area contributed by atoms with Crippen molar-refractivity contribution < 1.29 is 22.7 Å². The number of alkyl halides is 3. The van der Waals surface area contributed by atoms with Gasteiger partial charge in [0.25, 0.3) is 0 Å². The van der Waals surface area contributed by atoms with Gasteiger partial charge in [0.05, 0.1) is 18.4 Å². The van der Waals surface area contributed by atoms with Crippen LogP contribution in [-0.2, 0) is 11.0 Å². The van der Waals surface area contributed by atoms with E-state index in [0.29, 0.717) is 43.0 Å². The van der Waals surface area contributed by atoms with Crippen LogP contribution in [0.15, 0.2) is 47.8 Å². The molecule has 3 aromatic rings. The number of ether oxygens (including phenoxy) is 1. The normalized spacial score (nSPS) is 14.4. The summed E-state index contributed by atoms with van der Waals surface area (Å²) in [6.07, 6.45) is -3.57. The Labute approximate surface area is 198 Å². The number of aryl methyl sites for hydroxylation is 1. The fourth-order valence-electron chi connectivity index (χ4n) is 3.61. The average Bonchev–Trinajstić information content (AvgIpc) is 3.22. The molecule has 0 saturated carbocycles. The molecule has 0 bridgehead atoms. The van der Waals surface area contributed by atoms with Crippen LogP contribution in [0.4, 0.5) is 19.0 Å². The summed E-state index contributed by atoms with van der Waals surface area (Å²) in [6, 6.07) is 9.88. The van der Waals surface area contributed by atoms with Crippen LogP contribution in [0.5, 0.6) is 5.75 Å². The Morgan fingerprint density at radius 3 is 2.35 bits per heavy atom. The fraction of sp³-hybridized carbons (Fsp3) is 0.364. The third kappa shape index (κ3) is 5.27. The molecule has 0 N–H and O–H groups in total. The summed E-state index contributed by atoms with van der Waals surface area (Å²) in [5.41, 5.74) is 0.0933. The van der Waals surface area contributed by atoms with Gasteiger partial charge in [0.1, 0.15) is 17.4 Å². The summed E-state index contributed by atoms with van der Waals surface area (Å²) in [6.45, 7) is 3.77. The van der Waals surface area contributed by atoms with Crippen molar-refractivity contribution in [3.63, 3.8) is 0 Å². The fourth-order valence-corrected chi connectivity index (χ4v) is 4.51. The number of rotatable bonds is 6. The van der Waals surface area contributed by atoms with E-state index in [4.69, 9.17) is 4.74 Å². The Kier molecular flexibility index (Phi) is 6.96. The van der Waals surface area contributed by atoms with Gasteiger partial charge in [0.15, 0.2) is 5.16 Å². The van der Waals surface area contributed by atoms with Crippen LogP contribution in [0.3, 0.4) is 0 Å². The van der Waals surface area contributed by atoms with E-state index >= 15 is 0 Å². The first kappa shape index (κ1) is 23.9. The first-order valence-electron chi connectivity index (χ1n) is 10.5. The molecule has 0 atom stereocenters. The average molecular weight is 493 g/mol. The molecule has 0 radical (unpaired) electrons. The summed E-state index contributed by atoms with van der Waals surface area (Å²) >= 11 is 1.31. The lowest BCUT2D eigenvalue weighted by Crippen LogP contribution is -2.49. The molecule has 8 nitrogen and oxygen atoms in total. The molecule has 0 aliphatic carbocycles. The smallest absolute Gasteiger partial charge is 0.417 e. The number of carbonyl (C=O) groups excluding carboxylic acids is 1. The molecule has 1 saturated heterocycles. The van der Waals surface area contributed by atoms with Crippen LogP contribution >= 0.6 is 11.8 Å². The molecule has 1 fully saturated rings. The van der Waals surface area contributed by atoms with E-state index in [2.05, 4.69) is 15.2 Å². The van der Waals surface area contributed by atoms with E-state index < -0.39 is 11.7 Å². The number of hydrogen-bond acceptors (Lipinski definition) is 7. The molecule has 0 spiro atoms. The largest absolute Gasteiger partial charge is 0.497 e. The van der Waals surface area contributed by atoms with Crippen molar-refractivity contribution in [3.05, 3.63) is 54.0 Å². The number of nitrogens with zero attached hydrogens (tertiary/aromatic N) is 6. The molecule has 1 aliphatic rings. The summed E-state index contributed by atoms with van der Waals surface area (Å²) in [5, 5.41) is 8.96. The van der Waals surface area contributed by atoms with Gasteiger partial charge < -0.3 is 14.5 Å². The maximum absolute atomic E-state index is 12.8. The monoisotopic (exact) mass is 492 g/mol. The van der Waals surface area contributed by atoms with Crippen LogP contribution in [0.1, 0.15) is 11.4 Å². The topological polar surface area (TPSA) is 76.4 Å². The molecule has 1 aromatic carbocycles. The number of benzene rings is 1. The molecule has 3 heterocycles. The lowest BCUT2D eigenvalue weighted by Gasteiger charge is -2.35. The number of halogens is 3. The van der Waals surface area contributed by atoms with Crippen molar-refractivity contribution in [2.45, 2.75) is 18.3 Å². The quantitative estimate of drug-likeness (QED) is 0.488. The predicted molar refractivity (Wildman–Crippen MR) is 121 cm³/mol. The van der Waals surface area contributed by atoms with Gasteiger partial charge in [0, 0.05) is 38.1 Å². The Morgan fingerprint density at radius 2 is 1.76 bits per heavy atom. The number of methoxy groups -OCH3 is 1. The van der Waals surface area contributed by atoms with Crippen molar-refractivity contribution in [2.75, 3.05) is 43.9 Å². The standard InChI is InChI=1S/C22H23F3N6O2S/c1-15-27-28-21(31(15)17-4-6-18(33-2)7-5-17)34-14-20(32)30-11-9-29(10-12-30)19-8-3-16(13-26-19)22(23,24)25/h3-8,13H,9-12,14H2,1-2H3. The highest BCUT2D eigenvalue weighted by molar-refractivity contribution is 7.99. The molecule has 4 rings (SSSR count). The summed E-state index contributed by atoms with van der Waals surface area (Å²) in [5.74, 6) is 2.08. The van der Waals surface area contributed by atoms with Gasteiger partial charge in [-0.2, -0.15) is 13.2 Å². The second-order valence-electron chi connectivity index (χ2n) is 7.62. The van der Waals surface area contributed by atoms with E-state index in [1.54, 1.807) is 12.0 Å². The molecule has 2 aromatic heterocycles. The minimum atomic E-state index is -4.41.